The van der Waals surface area contributed by atoms with Crippen LogP contribution in [0.25, 0.3) is 0 Å². The molecule has 94 valence electrons. The van der Waals surface area contributed by atoms with Gasteiger partial charge in [0.2, 0.25) is 5.91 Å². The van der Waals surface area contributed by atoms with E-state index in [0.29, 0.717) is 18.2 Å². The third-order valence-electron chi connectivity index (χ3n) is 2.18. The molecule has 0 aromatic rings. The molecule has 0 aliphatic carbocycles. The van der Waals surface area contributed by atoms with Gasteiger partial charge in [-0.25, -0.2) is 0 Å². The van der Waals surface area contributed by atoms with E-state index >= 15 is 0 Å². The standard InChI is InChI=1S/C11H21IN2OS/c1-5-7-14(6-2)11(15)8-10(16-12)9-13(3)4/h5,10H,1,6-9H2,2-4H3. The maximum atomic E-state index is 12.0. The summed E-state index contributed by atoms with van der Waals surface area (Å²) in [7, 11) is 5.79. The highest BCUT2D eigenvalue weighted by Crippen LogP contribution is 2.23. The molecule has 0 aliphatic heterocycles. The number of amides is 1. The van der Waals surface area contributed by atoms with Crippen molar-refractivity contribution in [1.82, 2.24) is 9.80 Å². The minimum atomic E-state index is 0.221. The Morgan fingerprint density at radius 3 is 2.56 bits per heavy atom. The SMILES string of the molecule is C=CCN(CC)C(=O)CC(CN(C)C)SI. The van der Waals surface area contributed by atoms with E-state index in [9.17, 15) is 4.79 Å². The normalized spacial score (nSPS) is 12.6. The molecule has 16 heavy (non-hydrogen) atoms. The second-order valence-corrected chi connectivity index (χ2v) is 6.27. The Balaban J connectivity index is 4.21. The molecule has 0 rings (SSSR count). The van der Waals surface area contributed by atoms with E-state index in [0.717, 1.165) is 13.1 Å². The minimum Gasteiger partial charge on any atom is -0.339 e. The number of likely N-dealkylation sites (N-methyl/N-ethyl adjacent to an activating group) is 1. The van der Waals surface area contributed by atoms with Gasteiger partial charge in [0.15, 0.2) is 0 Å². The highest BCUT2D eigenvalue weighted by molar-refractivity contribution is 14.2. The van der Waals surface area contributed by atoms with Gasteiger partial charge in [0.25, 0.3) is 0 Å². The van der Waals surface area contributed by atoms with Crippen LogP contribution in [0, 0.1) is 0 Å². The second-order valence-electron chi connectivity index (χ2n) is 3.90. The summed E-state index contributed by atoms with van der Waals surface area (Å²) in [6.45, 7) is 8.01. The Bertz CT molecular complexity index is 224. The molecule has 0 fully saturated rings. The summed E-state index contributed by atoms with van der Waals surface area (Å²) < 4.78 is 0. The minimum absolute atomic E-state index is 0.221. The summed E-state index contributed by atoms with van der Waals surface area (Å²) in [5.74, 6) is 0.221. The van der Waals surface area contributed by atoms with Crippen LogP contribution >= 0.6 is 30.1 Å². The molecule has 1 unspecified atom stereocenters. The predicted octanol–water partition coefficient (Wildman–Crippen LogP) is 2.42. The van der Waals surface area contributed by atoms with Crippen molar-refractivity contribution in [3.05, 3.63) is 12.7 Å². The van der Waals surface area contributed by atoms with Crippen LogP contribution in [0.2, 0.25) is 0 Å². The first-order chi connectivity index (χ1) is 7.54. The van der Waals surface area contributed by atoms with Crippen molar-refractivity contribution in [3.8, 4) is 0 Å². The Morgan fingerprint density at radius 1 is 1.56 bits per heavy atom. The summed E-state index contributed by atoms with van der Waals surface area (Å²) in [6, 6.07) is 0. The van der Waals surface area contributed by atoms with Crippen LogP contribution < -0.4 is 0 Å². The molecule has 5 heteroatoms. The first-order valence-electron chi connectivity index (χ1n) is 5.35. The average Bonchev–Trinajstić information content (AvgIpc) is 2.23. The van der Waals surface area contributed by atoms with Gasteiger partial charge >= 0.3 is 0 Å². The van der Waals surface area contributed by atoms with E-state index in [1.165, 1.54) is 0 Å². The molecule has 1 amide bonds. The first kappa shape index (κ1) is 16.2. The van der Waals surface area contributed by atoms with E-state index in [1.54, 1.807) is 15.0 Å². The van der Waals surface area contributed by atoms with Crippen LogP contribution in [0.15, 0.2) is 12.7 Å². The Morgan fingerprint density at radius 2 is 2.19 bits per heavy atom. The largest absolute Gasteiger partial charge is 0.339 e. The van der Waals surface area contributed by atoms with Gasteiger partial charge in [0.05, 0.1) is 0 Å². The molecule has 0 aromatic heterocycles. The van der Waals surface area contributed by atoms with Crippen molar-refractivity contribution in [2.75, 3.05) is 33.7 Å². The lowest BCUT2D eigenvalue weighted by Gasteiger charge is -2.23. The maximum absolute atomic E-state index is 12.0. The summed E-state index contributed by atoms with van der Waals surface area (Å²) >= 11 is 2.27. The van der Waals surface area contributed by atoms with Crippen molar-refractivity contribution in [2.45, 2.75) is 18.6 Å². The molecular formula is C11H21IN2OS. The lowest BCUT2D eigenvalue weighted by molar-refractivity contribution is -0.130. The maximum Gasteiger partial charge on any atom is 0.224 e. The van der Waals surface area contributed by atoms with Gasteiger partial charge in [0, 0.05) is 31.3 Å². The van der Waals surface area contributed by atoms with Gasteiger partial charge in [-0.3, -0.25) is 4.79 Å². The van der Waals surface area contributed by atoms with Crippen LogP contribution in [0.1, 0.15) is 13.3 Å². The number of rotatable bonds is 8. The Hall–Kier alpha value is 0.250. The smallest absolute Gasteiger partial charge is 0.224 e. The number of carbonyl (C=O) groups excluding carboxylic acids is 1. The summed E-state index contributed by atoms with van der Waals surface area (Å²) in [5.41, 5.74) is 0. The fraction of sp³-hybridized carbons (Fsp3) is 0.727. The number of hydrogen-bond donors (Lipinski definition) is 0. The molecule has 1 atom stereocenters. The molecule has 0 heterocycles. The fourth-order valence-electron chi connectivity index (χ4n) is 1.42. The molecule has 0 bridgehead atoms. The molecule has 0 aromatic carbocycles. The lowest BCUT2D eigenvalue weighted by Crippen LogP contribution is -2.35. The van der Waals surface area contributed by atoms with Gasteiger partial charge in [-0.2, -0.15) is 0 Å². The number of carbonyl (C=O) groups is 1. The fourth-order valence-corrected chi connectivity index (χ4v) is 3.00. The zero-order valence-electron chi connectivity index (χ0n) is 10.3. The highest BCUT2D eigenvalue weighted by Gasteiger charge is 2.18. The van der Waals surface area contributed by atoms with Gasteiger partial charge in [-0.05, 0) is 42.2 Å². The lowest BCUT2D eigenvalue weighted by atomic mass is 10.2. The van der Waals surface area contributed by atoms with Crippen LogP contribution in [-0.4, -0.2) is 54.7 Å². The van der Waals surface area contributed by atoms with Crippen LogP contribution in [0.5, 0.6) is 0 Å². The topological polar surface area (TPSA) is 23.6 Å². The quantitative estimate of drug-likeness (QED) is 0.493. The number of halogens is 1. The molecule has 0 saturated heterocycles. The third kappa shape index (κ3) is 6.75. The predicted molar refractivity (Wildman–Crippen MR) is 81.0 cm³/mol. The van der Waals surface area contributed by atoms with Gasteiger partial charge < -0.3 is 9.80 Å². The second kappa shape index (κ2) is 9.30. The summed E-state index contributed by atoms with van der Waals surface area (Å²) in [5, 5.41) is 0.363. The van der Waals surface area contributed by atoms with Crippen LogP contribution in [0.3, 0.4) is 0 Å². The van der Waals surface area contributed by atoms with Crippen molar-refractivity contribution in [2.24, 2.45) is 0 Å². The van der Waals surface area contributed by atoms with Crippen molar-refractivity contribution < 1.29 is 4.79 Å². The van der Waals surface area contributed by atoms with Crippen LogP contribution in [-0.2, 0) is 4.79 Å². The van der Waals surface area contributed by atoms with Crippen LogP contribution in [0.4, 0.5) is 0 Å². The number of nitrogens with zero attached hydrogens (tertiary/aromatic N) is 2. The summed E-state index contributed by atoms with van der Waals surface area (Å²) in [4.78, 5) is 15.9. The Labute approximate surface area is 115 Å². The number of hydrogen-bond acceptors (Lipinski definition) is 3. The summed E-state index contributed by atoms with van der Waals surface area (Å²) in [6.07, 6.45) is 2.38. The van der Waals surface area contributed by atoms with E-state index < -0.39 is 0 Å². The monoisotopic (exact) mass is 356 g/mol. The molecule has 0 aliphatic rings. The van der Waals surface area contributed by atoms with Crippen molar-refractivity contribution in [3.63, 3.8) is 0 Å². The zero-order chi connectivity index (χ0) is 12.6. The van der Waals surface area contributed by atoms with Crippen molar-refractivity contribution in [1.29, 1.82) is 0 Å². The van der Waals surface area contributed by atoms with Gasteiger partial charge in [0.1, 0.15) is 0 Å². The van der Waals surface area contributed by atoms with Crippen molar-refractivity contribution >= 4 is 36.0 Å². The van der Waals surface area contributed by atoms with Gasteiger partial charge in [-0.15, -0.1) is 6.58 Å². The van der Waals surface area contributed by atoms with E-state index in [1.807, 2.05) is 25.9 Å². The molecule has 0 N–H and O–H groups in total. The molecule has 0 saturated carbocycles. The zero-order valence-corrected chi connectivity index (χ0v) is 13.3. The molecule has 0 spiro atoms. The van der Waals surface area contributed by atoms with E-state index in [2.05, 4.69) is 32.7 Å². The molecule has 0 radical (unpaired) electrons. The average molecular weight is 356 g/mol. The first-order valence-corrected chi connectivity index (χ1v) is 8.78. The van der Waals surface area contributed by atoms with E-state index in [-0.39, 0.29) is 5.91 Å². The molecule has 3 nitrogen and oxygen atoms in total. The van der Waals surface area contributed by atoms with Gasteiger partial charge in [-0.1, -0.05) is 15.0 Å². The molecular weight excluding hydrogens is 335 g/mol. The third-order valence-corrected chi connectivity index (χ3v) is 4.91. The van der Waals surface area contributed by atoms with E-state index in [4.69, 9.17) is 0 Å². The Kier molecular flexibility index (Phi) is 9.44. The highest BCUT2D eigenvalue weighted by atomic mass is 127.